The van der Waals surface area contributed by atoms with Gasteiger partial charge in [-0.15, -0.1) is 0 Å². The summed E-state index contributed by atoms with van der Waals surface area (Å²) in [6, 6.07) is 6.23. The van der Waals surface area contributed by atoms with Crippen molar-refractivity contribution < 1.29 is 37.8 Å². The number of alkyl carbamates (subject to hydrolysis) is 1. The summed E-state index contributed by atoms with van der Waals surface area (Å²) < 4.78 is 28.4. The zero-order chi connectivity index (χ0) is 33.7. The zero-order valence-corrected chi connectivity index (χ0v) is 28.4. The van der Waals surface area contributed by atoms with Crippen LogP contribution in [0.4, 0.5) is 4.79 Å². The van der Waals surface area contributed by atoms with Crippen molar-refractivity contribution in [2.45, 2.75) is 102 Å². The molecular formula is C32H50N5O8P. The molecule has 1 fully saturated rings. The van der Waals surface area contributed by atoms with Crippen molar-refractivity contribution in [3.8, 4) is 0 Å². The van der Waals surface area contributed by atoms with Gasteiger partial charge >= 0.3 is 13.7 Å². The first-order valence-corrected chi connectivity index (χ1v) is 17.5. The Balaban J connectivity index is 1.85. The van der Waals surface area contributed by atoms with Gasteiger partial charge in [0.15, 0.2) is 0 Å². The van der Waals surface area contributed by atoms with Gasteiger partial charge in [0.2, 0.25) is 11.8 Å². The molecule has 256 valence electrons. The highest BCUT2D eigenvalue weighted by Gasteiger charge is 2.36. The van der Waals surface area contributed by atoms with Crippen LogP contribution in [-0.4, -0.2) is 83.2 Å². The summed E-state index contributed by atoms with van der Waals surface area (Å²) >= 11 is 0. The molecule has 0 spiro atoms. The van der Waals surface area contributed by atoms with Crippen molar-refractivity contribution in [3.05, 3.63) is 54.1 Å². The summed E-state index contributed by atoms with van der Waals surface area (Å²) in [6.07, 6.45) is 6.53. The molecule has 0 bridgehead atoms. The minimum atomic E-state index is -3.59. The molecule has 14 heteroatoms. The Kier molecular flexibility index (Phi) is 14.2. The molecule has 1 heterocycles. The van der Waals surface area contributed by atoms with Crippen LogP contribution in [0, 0.1) is 5.92 Å². The fourth-order valence-corrected chi connectivity index (χ4v) is 6.72. The Morgan fingerprint density at radius 3 is 2.20 bits per heavy atom. The second-order valence-electron chi connectivity index (χ2n) is 12.8. The topological polar surface area (TPSA) is 181 Å². The quantitative estimate of drug-likeness (QED) is 0.167. The number of carbonyl (C=O) groups excluding carboxylic acids is 3. The largest absolute Gasteiger partial charge is 0.444 e. The summed E-state index contributed by atoms with van der Waals surface area (Å²) in [5, 5.41) is 19.6. The first-order chi connectivity index (χ1) is 21.8. The van der Waals surface area contributed by atoms with E-state index in [-0.39, 0.29) is 24.9 Å². The number of nitrogens with zero attached hydrogens (tertiary/aromatic N) is 1. The predicted octanol–water partition coefficient (Wildman–Crippen LogP) is 3.88. The number of carbonyl (C=O) groups is 3. The van der Waals surface area contributed by atoms with E-state index in [0.29, 0.717) is 12.1 Å². The Hall–Kier alpha value is -3.25. The molecule has 1 aliphatic carbocycles. The number of aromatic amines is 1. The molecule has 46 heavy (non-hydrogen) atoms. The SMILES string of the molecule is COP(=O)(C[C@H](O)[C@H](CC1CCCCC1)NC(=O)[C@H](Cc1cnc[nH]1)NC(=O)[C@H](Cc1ccccc1)NC(=O)OC(C)(C)C)OC. The average molecular weight is 664 g/mol. The van der Waals surface area contributed by atoms with Gasteiger partial charge in [-0.3, -0.25) is 14.2 Å². The third-order valence-electron chi connectivity index (χ3n) is 7.97. The second kappa shape index (κ2) is 17.6. The van der Waals surface area contributed by atoms with Crippen molar-refractivity contribution in [1.29, 1.82) is 0 Å². The second-order valence-corrected chi connectivity index (χ2v) is 15.1. The highest BCUT2D eigenvalue weighted by atomic mass is 31.2. The highest BCUT2D eigenvalue weighted by molar-refractivity contribution is 7.53. The van der Waals surface area contributed by atoms with Crippen molar-refractivity contribution in [1.82, 2.24) is 25.9 Å². The van der Waals surface area contributed by atoms with E-state index >= 15 is 0 Å². The first kappa shape index (κ1) is 37.2. The lowest BCUT2D eigenvalue weighted by atomic mass is 9.83. The molecule has 1 saturated carbocycles. The molecule has 13 nitrogen and oxygen atoms in total. The zero-order valence-electron chi connectivity index (χ0n) is 27.5. The van der Waals surface area contributed by atoms with Crippen molar-refractivity contribution in [3.63, 3.8) is 0 Å². The number of hydrogen-bond acceptors (Lipinski definition) is 9. The Labute approximate surface area is 271 Å². The number of H-pyrrole nitrogens is 1. The number of amides is 3. The van der Waals surface area contributed by atoms with E-state index in [1.165, 1.54) is 20.5 Å². The van der Waals surface area contributed by atoms with Crippen LogP contribution in [0.15, 0.2) is 42.9 Å². The van der Waals surface area contributed by atoms with E-state index < -0.39 is 55.3 Å². The molecule has 1 aliphatic rings. The molecule has 3 rings (SSSR count). The average Bonchev–Trinajstić information content (AvgIpc) is 3.53. The van der Waals surface area contributed by atoms with Crippen LogP contribution >= 0.6 is 7.60 Å². The van der Waals surface area contributed by atoms with Crippen LogP contribution in [0.3, 0.4) is 0 Å². The molecule has 0 aliphatic heterocycles. The molecule has 4 atom stereocenters. The fraction of sp³-hybridized carbons (Fsp3) is 0.625. The van der Waals surface area contributed by atoms with E-state index in [1.54, 1.807) is 27.0 Å². The smallest absolute Gasteiger partial charge is 0.408 e. The van der Waals surface area contributed by atoms with Crippen LogP contribution in [0.1, 0.15) is 70.6 Å². The van der Waals surface area contributed by atoms with E-state index in [1.807, 2.05) is 30.3 Å². The van der Waals surface area contributed by atoms with Gasteiger partial charge in [0.05, 0.1) is 24.6 Å². The summed E-state index contributed by atoms with van der Waals surface area (Å²) in [5.41, 5.74) is 0.600. The maximum absolute atomic E-state index is 13.9. The lowest BCUT2D eigenvalue weighted by Gasteiger charge is -2.32. The number of hydrogen-bond donors (Lipinski definition) is 5. The Bertz CT molecular complexity index is 1270. The number of rotatable bonds is 16. The summed E-state index contributed by atoms with van der Waals surface area (Å²) in [7, 11) is -1.09. The molecule has 1 aromatic carbocycles. The lowest BCUT2D eigenvalue weighted by Crippen LogP contribution is -2.58. The third kappa shape index (κ3) is 12.5. The third-order valence-corrected chi connectivity index (χ3v) is 9.91. The molecule has 0 unspecified atom stereocenters. The Morgan fingerprint density at radius 2 is 1.61 bits per heavy atom. The van der Waals surface area contributed by atoms with Crippen molar-refractivity contribution in [2.24, 2.45) is 5.92 Å². The van der Waals surface area contributed by atoms with Gasteiger partial charge in [0, 0.05) is 39.0 Å². The van der Waals surface area contributed by atoms with E-state index in [2.05, 4.69) is 25.9 Å². The number of nitrogens with one attached hydrogen (secondary N) is 4. The lowest BCUT2D eigenvalue weighted by molar-refractivity contribution is -0.130. The number of aliphatic hydroxyl groups excluding tert-OH is 1. The normalized spacial score (nSPS) is 16.9. The maximum Gasteiger partial charge on any atom is 0.408 e. The van der Waals surface area contributed by atoms with Gasteiger partial charge in [-0.1, -0.05) is 62.4 Å². The fourth-order valence-electron chi connectivity index (χ4n) is 5.56. The molecule has 0 saturated heterocycles. The van der Waals surface area contributed by atoms with Gasteiger partial charge in [0.25, 0.3) is 0 Å². The van der Waals surface area contributed by atoms with Gasteiger partial charge in [-0.25, -0.2) is 9.78 Å². The summed E-state index contributed by atoms with van der Waals surface area (Å²) in [5.74, 6) is -0.891. The van der Waals surface area contributed by atoms with E-state index in [9.17, 15) is 24.1 Å². The first-order valence-electron chi connectivity index (χ1n) is 15.8. The summed E-state index contributed by atoms with van der Waals surface area (Å²) in [4.78, 5) is 47.5. The minimum Gasteiger partial charge on any atom is -0.444 e. The van der Waals surface area contributed by atoms with Crippen molar-refractivity contribution in [2.75, 3.05) is 20.4 Å². The molecule has 1 aromatic heterocycles. The number of imidazole rings is 1. The van der Waals surface area contributed by atoms with Gasteiger partial charge in [0.1, 0.15) is 17.7 Å². The van der Waals surface area contributed by atoms with Gasteiger partial charge < -0.3 is 39.8 Å². The summed E-state index contributed by atoms with van der Waals surface area (Å²) in [6.45, 7) is 5.17. The van der Waals surface area contributed by atoms with Crippen LogP contribution in [0.25, 0.3) is 0 Å². The number of aromatic nitrogens is 2. The minimum absolute atomic E-state index is 0.0585. The highest BCUT2D eigenvalue weighted by Crippen LogP contribution is 2.47. The predicted molar refractivity (Wildman–Crippen MR) is 173 cm³/mol. The van der Waals surface area contributed by atoms with Gasteiger partial charge in [-0.05, 0) is 38.7 Å². The monoisotopic (exact) mass is 663 g/mol. The standard InChI is InChI=1S/C32H50N5O8P/c1-32(2,3)45-31(41)37-26(17-23-14-10-7-11-15-23)29(39)36-27(18-24-19-33-21-34-24)30(40)35-25(16-22-12-8-6-9-13-22)28(38)20-46(42,43-4)44-5/h7,10-11,14-15,19,21-22,25-28,38H,6,8-9,12-13,16-18,20H2,1-5H3,(H,33,34)(H,35,40)(H,36,39)(H,37,41)/t25-,26-,27-,28-/m0/s1. The van der Waals surface area contributed by atoms with E-state index in [0.717, 1.165) is 37.7 Å². The molecule has 2 aromatic rings. The van der Waals surface area contributed by atoms with Crippen LogP contribution in [-0.2, 0) is 40.8 Å². The Morgan fingerprint density at radius 1 is 0.978 bits per heavy atom. The van der Waals surface area contributed by atoms with E-state index in [4.69, 9.17) is 13.8 Å². The molecule has 5 N–H and O–H groups in total. The number of benzene rings is 1. The van der Waals surface area contributed by atoms with Crippen LogP contribution < -0.4 is 16.0 Å². The number of ether oxygens (including phenoxy) is 1. The van der Waals surface area contributed by atoms with Crippen LogP contribution in [0.2, 0.25) is 0 Å². The van der Waals surface area contributed by atoms with Crippen molar-refractivity contribution >= 4 is 25.5 Å². The van der Waals surface area contributed by atoms with Crippen LogP contribution in [0.5, 0.6) is 0 Å². The molecular weight excluding hydrogens is 613 g/mol. The van der Waals surface area contributed by atoms with Gasteiger partial charge in [-0.2, -0.15) is 0 Å². The number of aliphatic hydroxyl groups is 1. The molecule has 3 amide bonds. The maximum atomic E-state index is 13.9. The molecule has 0 radical (unpaired) electrons.